The van der Waals surface area contributed by atoms with E-state index in [0.29, 0.717) is 0 Å². The largest absolute Gasteiger partial charge is 0.351 e. The van der Waals surface area contributed by atoms with E-state index in [1.54, 1.807) is 0 Å². The normalized spacial score (nSPS) is 22.5. The van der Waals surface area contributed by atoms with Gasteiger partial charge in [0, 0.05) is 12.1 Å². The summed E-state index contributed by atoms with van der Waals surface area (Å²) in [6.45, 7) is 8.28. The van der Waals surface area contributed by atoms with E-state index in [1.807, 2.05) is 0 Å². The summed E-state index contributed by atoms with van der Waals surface area (Å²) in [4.78, 5) is 12.0. The SMILES string of the molecule is CCC(C)(CC)NC(=O)[C@@H]1CCCNC1. The Balaban J connectivity index is 2.46. The van der Waals surface area contributed by atoms with Crippen molar-refractivity contribution in [2.75, 3.05) is 13.1 Å². The molecule has 0 spiro atoms. The predicted molar refractivity (Wildman–Crippen MR) is 62.7 cm³/mol. The fourth-order valence-corrected chi connectivity index (χ4v) is 1.90. The van der Waals surface area contributed by atoms with Crippen molar-refractivity contribution in [2.24, 2.45) is 5.92 Å². The van der Waals surface area contributed by atoms with Crippen LogP contribution in [0.4, 0.5) is 0 Å². The number of amides is 1. The smallest absolute Gasteiger partial charge is 0.224 e. The molecule has 1 saturated heterocycles. The molecular weight excluding hydrogens is 188 g/mol. The molecule has 1 aliphatic rings. The Bertz CT molecular complexity index is 206. The molecule has 0 bridgehead atoms. The molecule has 0 aromatic rings. The second kappa shape index (κ2) is 5.50. The molecular formula is C12H24N2O. The van der Waals surface area contributed by atoms with Crippen molar-refractivity contribution in [2.45, 2.75) is 52.0 Å². The summed E-state index contributed by atoms with van der Waals surface area (Å²) in [5.41, 5.74) is -0.0193. The lowest BCUT2D eigenvalue weighted by molar-refractivity contribution is -0.127. The van der Waals surface area contributed by atoms with Gasteiger partial charge in [0.1, 0.15) is 0 Å². The lowest BCUT2D eigenvalue weighted by Crippen LogP contribution is -2.50. The van der Waals surface area contributed by atoms with Crippen molar-refractivity contribution in [3.05, 3.63) is 0 Å². The highest BCUT2D eigenvalue weighted by molar-refractivity contribution is 5.79. The predicted octanol–water partition coefficient (Wildman–Crippen LogP) is 1.68. The molecule has 1 rings (SSSR count). The monoisotopic (exact) mass is 212 g/mol. The standard InChI is InChI=1S/C12H24N2O/c1-4-12(3,5-2)14-11(15)10-7-6-8-13-9-10/h10,13H,4-9H2,1-3H3,(H,14,15)/t10-/m1/s1. The molecule has 0 aliphatic carbocycles. The van der Waals surface area contributed by atoms with E-state index in [1.165, 1.54) is 0 Å². The number of piperidine rings is 1. The molecule has 88 valence electrons. The molecule has 1 amide bonds. The fraction of sp³-hybridized carbons (Fsp3) is 0.917. The van der Waals surface area contributed by atoms with Gasteiger partial charge in [-0.2, -0.15) is 0 Å². The molecule has 0 radical (unpaired) electrons. The Morgan fingerprint density at radius 2 is 2.13 bits per heavy atom. The van der Waals surface area contributed by atoms with Gasteiger partial charge in [-0.05, 0) is 39.2 Å². The molecule has 3 heteroatoms. The Labute approximate surface area is 93.0 Å². The molecule has 3 nitrogen and oxygen atoms in total. The third kappa shape index (κ3) is 3.49. The van der Waals surface area contributed by atoms with Gasteiger partial charge in [-0.1, -0.05) is 13.8 Å². The van der Waals surface area contributed by atoms with Gasteiger partial charge in [0.25, 0.3) is 0 Å². The summed E-state index contributed by atoms with van der Waals surface area (Å²) in [6.07, 6.45) is 4.14. The second-order valence-electron chi connectivity index (χ2n) is 4.80. The van der Waals surface area contributed by atoms with Crippen molar-refractivity contribution in [1.82, 2.24) is 10.6 Å². The Kier molecular flexibility index (Phi) is 4.58. The summed E-state index contributed by atoms with van der Waals surface area (Å²) in [7, 11) is 0. The molecule has 0 aromatic carbocycles. The van der Waals surface area contributed by atoms with Gasteiger partial charge in [-0.3, -0.25) is 4.79 Å². The van der Waals surface area contributed by atoms with E-state index in [9.17, 15) is 4.79 Å². The van der Waals surface area contributed by atoms with E-state index < -0.39 is 0 Å². The Morgan fingerprint density at radius 1 is 1.47 bits per heavy atom. The van der Waals surface area contributed by atoms with E-state index in [0.717, 1.165) is 38.8 Å². The summed E-state index contributed by atoms with van der Waals surface area (Å²) in [5.74, 6) is 0.407. The number of carbonyl (C=O) groups is 1. The average Bonchev–Trinajstić information content (AvgIpc) is 2.30. The second-order valence-corrected chi connectivity index (χ2v) is 4.80. The van der Waals surface area contributed by atoms with Gasteiger partial charge in [0.05, 0.1) is 5.92 Å². The summed E-state index contributed by atoms with van der Waals surface area (Å²) < 4.78 is 0. The minimum absolute atomic E-state index is 0.0193. The fourth-order valence-electron chi connectivity index (χ4n) is 1.90. The van der Waals surface area contributed by atoms with Crippen LogP contribution in [0.15, 0.2) is 0 Å². The molecule has 1 atom stereocenters. The zero-order valence-electron chi connectivity index (χ0n) is 10.2. The van der Waals surface area contributed by atoms with E-state index in [4.69, 9.17) is 0 Å². The Hall–Kier alpha value is -0.570. The summed E-state index contributed by atoms with van der Waals surface area (Å²) in [5, 5.41) is 6.46. The molecule has 2 N–H and O–H groups in total. The summed E-state index contributed by atoms with van der Waals surface area (Å²) in [6, 6.07) is 0. The first-order chi connectivity index (χ1) is 7.11. The lowest BCUT2D eigenvalue weighted by atomic mass is 9.92. The van der Waals surface area contributed by atoms with Crippen LogP contribution in [0.1, 0.15) is 46.5 Å². The number of rotatable bonds is 4. The van der Waals surface area contributed by atoms with Crippen LogP contribution < -0.4 is 10.6 Å². The van der Waals surface area contributed by atoms with E-state index >= 15 is 0 Å². The highest BCUT2D eigenvalue weighted by atomic mass is 16.2. The van der Waals surface area contributed by atoms with Crippen LogP contribution in [-0.4, -0.2) is 24.5 Å². The third-order valence-electron chi connectivity index (χ3n) is 3.65. The molecule has 15 heavy (non-hydrogen) atoms. The topological polar surface area (TPSA) is 41.1 Å². The van der Waals surface area contributed by atoms with Crippen LogP contribution in [0.2, 0.25) is 0 Å². The molecule has 1 heterocycles. The van der Waals surface area contributed by atoms with Crippen molar-refractivity contribution < 1.29 is 4.79 Å². The zero-order chi connectivity index (χ0) is 11.3. The van der Waals surface area contributed by atoms with Crippen LogP contribution in [0.5, 0.6) is 0 Å². The first-order valence-corrected chi connectivity index (χ1v) is 6.14. The number of hydrogen-bond donors (Lipinski definition) is 2. The minimum atomic E-state index is -0.0193. The number of hydrogen-bond acceptors (Lipinski definition) is 2. The van der Waals surface area contributed by atoms with Gasteiger partial charge < -0.3 is 10.6 Å². The van der Waals surface area contributed by atoms with Gasteiger partial charge in [0.15, 0.2) is 0 Å². The Morgan fingerprint density at radius 3 is 2.60 bits per heavy atom. The molecule has 1 fully saturated rings. The highest BCUT2D eigenvalue weighted by Gasteiger charge is 2.27. The zero-order valence-corrected chi connectivity index (χ0v) is 10.2. The first-order valence-electron chi connectivity index (χ1n) is 6.14. The van der Waals surface area contributed by atoms with Crippen LogP contribution >= 0.6 is 0 Å². The maximum Gasteiger partial charge on any atom is 0.224 e. The maximum atomic E-state index is 12.0. The van der Waals surface area contributed by atoms with Crippen molar-refractivity contribution in [3.63, 3.8) is 0 Å². The molecule has 0 saturated carbocycles. The number of nitrogens with one attached hydrogen (secondary N) is 2. The lowest BCUT2D eigenvalue weighted by Gasteiger charge is -2.31. The average molecular weight is 212 g/mol. The minimum Gasteiger partial charge on any atom is -0.351 e. The molecule has 0 aromatic heterocycles. The van der Waals surface area contributed by atoms with Gasteiger partial charge in [-0.25, -0.2) is 0 Å². The molecule has 1 aliphatic heterocycles. The molecule has 0 unspecified atom stereocenters. The van der Waals surface area contributed by atoms with Crippen LogP contribution in [-0.2, 0) is 4.79 Å². The van der Waals surface area contributed by atoms with Gasteiger partial charge in [0.2, 0.25) is 5.91 Å². The van der Waals surface area contributed by atoms with Crippen molar-refractivity contribution in [1.29, 1.82) is 0 Å². The van der Waals surface area contributed by atoms with E-state index in [2.05, 4.69) is 31.4 Å². The van der Waals surface area contributed by atoms with Crippen molar-refractivity contribution in [3.8, 4) is 0 Å². The number of carbonyl (C=O) groups excluding carboxylic acids is 1. The van der Waals surface area contributed by atoms with Gasteiger partial charge >= 0.3 is 0 Å². The maximum absolute atomic E-state index is 12.0. The first kappa shape index (κ1) is 12.5. The summed E-state index contributed by atoms with van der Waals surface area (Å²) >= 11 is 0. The quantitative estimate of drug-likeness (QED) is 0.744. The highest BCUT2D eigenvalue weighted by Crippen LogP contribution is 2.17. The van der Waals surface area contributed by atoms with Gasteiger partial charge in [-0.15, -0.1) is 0 Å². The van der Waals surface area contributed by atoms with Crippen LogP contribution in [0.25, 0.3) is 0 Å². The third-order valence-corrected chi connectivity index (χ3v) is 3.65. The van der Waals surface area contributed by atoms with Crippen LogP contribution in [0, 0.1) is 5.92 Å². The van der Waals surface area contributed by atoms with E-state index in [-0.39, 0.29) is 17.4 Å². The van der Waals surface area contributed by atoms with Crippen molar-refractivity contribution >= 4 is 5.91 Å². The van der Waals surface area contributed by atoms with Crippen LogP contribution in [0.3, 0.4) is 0 Å².